The van der Waals surface area contributed by atoms with Crippen molar-refractivity contribution in [2.45, 2.75) is 6.42 Å². The molecule has 2 rings (SSSR count). The minimum Gasteiger partial charge on any atom is -0.464 e. The maximum Gasteiger partial charge on any atom is 0.358 e. The fraction of sp³-hybridized carbons (Fsp3) is 0.333. The topological polar surface area (TPSA) is 55.6 Å². The van der Waals surface area contributed by atoms with E-state index < -0.39 is 5.97 Å². The zero-order valence-corrected chi connectivity index (χ0v) is 11.8. The van der Waals surface area contributed by atoms with E-state index in [9.17, 15) is 4.79 Å². The Morgan fingerprint density at radius 1 is 1.61 bits per heavy atom. The number of pyridine rings is 1. The van der Waals surface area contributed by atoms with Crippen LogP contribution in [0.2, 0.25) is 0 Å². The van der Waals surface area contributed by atoms with Gasteiger partial charge in [0.2, 0.25) is 0 Å². The van der Waals surface area contributed by atoms with Crippen LogP contribution < -0.4 is 5.32 Å². The molecule has 0 aliphatic heterocycles. The first-order valence-electron chi connectivity index (χ1n) is 5.57. The van der Waals surface area contributed by atoms with Crippen LogP contribution in [0, 0.1) is 0 Å². The lowest BCUT2D eigenvalue weighted by atomic mass is 10.3. The van der Waals surface area contributed by atoms with Gasteiger partial charge in [0.15, 0.2) is 5.69 Å². The lowest BCUT2D eigenvalue weighted by molar-refractivity contribution is 0.0596. The van der Waals surface area contributed by atoms with E-state index in [0.717, 1.165) is 28.8 Å². The van der Waals surface area contributed by atoms with E-state index in [-0.39, 0.29) is 0 Å². The van der Waals surface area contributed by atoms with Gasteiger partial charge in [-0.25, -0.2) is 9.78 Å². The first kappa shape index (κ1) is 13.0. The number of imidazole rings is 1. The molecule has 0 aliphatic carbocycles. The van der Waals surface area contributed by atoms with Crippen molar-refractivity contribution in [1.29, 1.82) is 0 Å². The molecule has 0 fully saturated rings. The molecular formula is C12H14BrN3O2. The third kappa shape index (κ3) is 2.26. The average Bonchev–Trinajstić information content (AvgIpc) is 2.76. The van der Waals surface area contributed by atoms with Crippen molar-refractivity contribution in [3.63, 3.8) is 0 Å². The highest BCUT2D eigenvalue weighted by Gasteiger charge is 2.19. The van der Waals surface area contributed by atoms with Gasteiger partial charge in [0.1, 0.15) is 5.82 Å². The molecule has 1 N–H and O–H groups in total. The van der Waals surface area contributed by atoms with Gasteiger partial charge in [-0.15, -0.1) is 0 Å². The molecule has 0 saturated heterocycles. The predicted molar refractivity (Wildman–Crippen MR) is 71.9 cm³/mol. The summed E-state index contributed by atoms with van der Waals surface area (Å²) >= 11 is 3.44. The Balaban J connectivity index is 2.60. The highest BCUT2D eigenvalue weighted by atomic mass is 79.9. The molecule has 5 nitrogen and oxygen atoms in total. The van der Waals surface area contributed by atoms with Crippen molar-refractivity contribution in [2.24, 2.45) is 0 Å². The van der Waals surface area contributed by atoms with Crippen LogP contribution in [-0.4, -0.2) is 36.1 Å². The van der Waals surface area contributed by atoms with Crippen LogP contribution in [0.4, 0.5) is 0 Å². The van der Waals surface area contributed by atoms with Gasteiger partial charge in [0.05, 0.1) is 12.6 Å². The van der Waals surface area contributed by atoms with E-state index >= 15 is 0 Å². The molecule has 96 valence electrons. The molecule has 0 aromatic carbocycles. The second kappa shape index (κ2) is 5.49. The quantitative estimate of drug-likeness (QED) is 0.872. The third-order valence-electron chi connectivity index (χ3n) is 2.67. The molecule has 0 radical (unpaired) electrons. The standard InChI is InChI=1S/C12H14BrN3O2/c1-14-6-5-9-15-10(12(17)18-2)11-8(13)4-3-7-16(9)11/h3-4,7,14H,5-6H2,1-2H3. The van der Waals surface area contributed by atoms with Gasteiger partial charge in [0, 0.05) is 23.6 Å². The molecular weight excluding hydrogens is 298 g/mol. The fourth-order valence-electron chi connectivity index (χ4n) is 1.81. The van der Waals surface area contributed by atoms with Crippen LogP contribution in [0.5, 0.6) is 0 Å². The number of rotatable bonds is 4. The Hall–Kier alpha value is -1.40. The van der Waals surface area contributed by atoms with Crippen molar-refractivity contribution >= 4 is 27.4 Å². The largest absolute Gasteiger partial charge is 0.464 e. The Labute approximate surface area is 113 Å². The first-order chi connectivity index (χ1) is 8.69. The summed E-state index contributed by atoms with van der Waals surface area (Å²) in [5, 5.41) is 3.07. The van der Waals surface area contributed by atoms with Gasteiger partial charge in [-0.1, -0.05) is 0 Å². The monoisotopic (exact) mass is 311 g/mol. The number of aromatic nitrogens is 2. The highest BCUT2D eigenvalue weighted by Crippen LogP contribution is 2.23. The molecule has 0 unspecified atom stereocenters. The molecule has 0 amide bonds. The Morgan fingerprint density at radius 3 is 3.06 bits per heavy atom. The number of esters is 1. The molecule has 0 bridgehead atoms. The predicted octanol–water partition coefficient (Wildman–Crippen LogP) is 1.65. The van der Waals surface area contributed by atoms with E-state index in [1.165, 1.54) is 7.11 Å². The number of methoxy groups -OCH3 is 1. The number of nitrogens with one attached hydrogen (secondary N) is 1. The van der Waals surface area contributed by atoms with E-state index in [0.29, 0.717) is 5.69 Å². The maximum atomic E-state index is 11.7. The summed E-state index contributed by atoms with van der Waals surface area (Å²) in [6, 6.07) is 3.79. The van der Waals surface area contributed by atoms with Gasteiger partial charge in [-0.3, -0.25) is 0 Å². The van der Waals surface area contributed by atoms with Gasteiger partial charge in [-0.2, -0.15) is 0 Å². The lowest BCUT2D eigenvalue weighted by Crippen LogP contribution is -2.12. The van der Waals surface area contributed by atoms with Crippen LogP contribution in [-0.2, 0) is 11.2 Å². The molecule has 0 atom stereocenters. The third-order valence-corrected chi connectivity index (χ3v) is 3.31. The van der Waals surface area contributed by atoms with E-state index in [2.05, 4.69) is 26.2 Å². The van der Waals surface area contributed by atoms with Crippen molar-refractivity contribution in [3.8, 4) is 0 Å². The van der Waals surface area contributed by atoms with Crippen molar-refractivity contribution < 1.29 is 9.53 Å². The van der Waals surface area contributed by atoms with Crippen molar-refractivity contribution in [2.75, 3.05) is 20.7 Å². The highest BCUT2D eigenvalue weighted by molar-refractivity contribution is 9.10. The number of hydrogen-bond acceptors (Lipinski definition) is 4. The molecule has 0 saturated carbocycles. The molecule has 6 heteroatoms. The number of carbonyl (C=O) groups excluding carboxylic acids is 1. The molecule has 0 aliphatic rings. The number of carbonyl (C=O) groups is 1. The van der Waals surface area contributed by atoms with Gasteiger partial charge >= 0.3 is 5.97 Å². The fourth-order valence-corrected chi connectivity index (χ4v) is 2.34. The minimum atomic E-state index is -0.421. The summed E-state index contributed by atoms with van der Waals surface area (Å²) in [4.78, 5) is 16.1. The Bertz CT molecular complexity index is 580. The average molecular weight is 312 g/mol. The molecule has 2 aromatic rings. The maximum absolute atomic E-state index is 11.7. The van der Waals surface area contributed by atoms with Crippen LogP contribution in [0.3, 0.4) is 0 Å². The van der Waals surface area contributed by atoms with Crippen LogP contribution >= 0.6 is 15.9 Å². The van der Waals surface area contributed by atoms with Gasteiger partial charge in [0.25, 0.3) is 0 Å². The SMILES string of the molecule is CNCCc1nc(C(=O)OC)c2c(Br)cccn12. The number of hydrogen-bond donors (Lipinski definition) is 1. The summed E-state index contributed by atoms with van der Waals surface area (Å²) in [5.74, 6) is 0.413. The summed E-state index contributed by atoms with van der Waals surface area (Å²) < 4.78 is 7.50. The van der Waals surface area contributed by atoms with Gasteiger partial charge in [-0.05, 0) is 35.1 Å². The second-order valence-corrected chi connectivity index (χ2v) is 4.65. The summed E-state index contributed by atoms with van der Waals surface area (Å²) in [5.41, 5.74) is 1.09. The molecule has 0 spiro atoms. The first-order valence-corrected chi connectivity index (χ1v) is 6.36. The van der Waals surface area contributed by atoms with E-state index in [4.69, 9.17) is 4.74 Å². The Kier molecular flexibility index (Phi) is 3.98. The Morgan fingerprint density at radius 2 is 2.39 bits per heavy atom. The number of fused-ring (bicyclic) bond motifs is 1. The molecule has 18 heavy (non-hydrogen) atoms. The van der Waals surface area contributed by atoms with E-state index in [1.807, 2.05) is 29.8 Å². The van der Waals surface area contributed by atoms with E-state index in [1.54, 1.807) is 0 Å². The zero-order valence-electron chi connectivity index (χ0n) is 10.2. The summed E-state index contributed by atoms with van der Waals surface area (Å²) in [6.45, 7) is 0.798. The van der Waals surface area contributed by atoms with Crippen LogP contribution in [0.15, 0.2) is 22.8 Å². The van der Waals surface area contributed by atoms with Crippen LogP contribution in [0.1, 0.15) is 16.3 Å². The molecule has 2 heterocycles. The zero-order chi connectivity index (χ0) is 13.1. The number of nitrogens with zero attached hydrogens (tertiary/aromatic N) is 2. The lowest BCUT2D eigenvalue weighted by Gasteiger charge is -2.01. The number of halogens is 1. The summed E-state index contributed by atoms with van der Waals surface area (Å²) in [6.07, 6.45) is 2.63. The van der Waals surface area contributed by atoms with Crippen molar-refractivity contribution in [3.05, 3.63) is 34.3 Å². The minimum absolute atomic E-state index is 0.344. The molecule has 2 aromatic heterocycles. The number of likely N-dealkylation sites (N-methyl/N-ethyl adjacent to an activating group) is 1. The smallest absolute Gasteiger partial charge is 0.358 e. The van der Waals surface area contributed by atoms with Crippen molar-refractivity contribution in [1.82, 2.24) is 14.7 Å². The normalized spacial score (nSPS) is 10.8. The van der Waals surface area contributed by atoms with Crippen LogP contribution in [0.25, 0.3) is 5.52 Å². The van der Waals surface area contributed by atoms with Gasteiger partial charge < -0.3 is 14.5 Å². The number of ether oxygens (including phenoxy) is 1. The summed E-state index contributed by atoms with van der Waals surface area (Å²) in [7, 11) is 3.24. The second-order valence-electron chi connectivity index (χ2n) is 3.80.